The quantitative estimate of drug-likeness (QED) is 0.507. The minimum Gasteiger partial charge on any atom is -0.493 e. The van der Waals surface area contributed by atoms with E-state index in [1.807, 2.05) is 12.1 Å². The van der Waals surface area contributed by atoms with Crippen molar-refractivity contribution in [2.24, 2.45) is 0 Å². The number of rotatable bonds is 8. The topological polar surface area (TPSA) is 105 Å². The molecular formula is C22H22N2O7S. The number of anilines is 1. The van der Waals surface area contributed by atoms with Gasteiger partial charge in [0, 0.05) is 17.5 Å². The van der Waals surface area contributed by atoms with Gasteiger partial charge in [-0.1, -0.05) is 6.07 Å². The summed E-state index contributed by atoms with van der Waals surface area (Å²) in [6.07, 6.45) is 0. The number of ether oxygens (including phenoxy) is 5. The number of nitrogens with zero attached hydrogens (tertiary/aromatic N) is 1. The average molecular weight is 458 g/mol. The van der Waals surface area contributed by atoms with Gasteiger partial charge < -0.3 is 29.0 Å². The van der Waals surface area contributed by atoms with Gasteiger partial charge in [-0.25, -0.2) is 9.78 Å². The molecule has 0 atom stereocenters. The number of hydrogen-bond donors (Lipinski definition) is 1. The summed E-state index contributed by atoms with van der Waals surface area (Å²) in [6.45, 7) is 0. The van der Waals surface area contributed by atoms with Crippen molar-refractivity contribution in [1.29, 1.82) is 0 Å². The van der Waals surface area contributed by atoms with E-state index in [2.05, 4.69) is 10.3 Å². The van der Waals surface area contributed by atoms with Gasteiger partial charge >= 0.3 is 5.97 Å². The summed E-state index contributed by atoms with van der Waals surface area (Å²) in [6, 6.07) is 8.33. The van der Waals surface area contributed by atoms with Crippen LogP contribution >= 0.6 is 11.3 Å². The van der Waals surface area contributed by atoms with Crippen molar-refractivity contribution >= 4 is 28.9 Å². The number of carbonyl (C=O) groups excluding carboxylic acids is 2. The van der Waals surface area contributed by atoms with E-state index in [0.717, 1.165) is 0 Å². The van der Waals surface area contributed by atoms with Crippen LogP contribution in [0.25, 0.3) is 10.6 Å². The van der Waals surface area contributed by atoms with E-state index >= 15 is 0 Å². The van der Waals surface area contributed by atoms with E-state index in [1.165, 1.54) is 51.9 Å². The summed E-state index contributed by atoms with van der Waals surface area (Å²) in [5, 5.41) is 4.89. The summed E-state index contributed by atoms with van der Waals surface area (Å²) < 4.78 is 26.1. The maximum absolute atomic E-state index is 12.9. The Bertz CT molecular complexity index is 1140. The van der Waals surface area contributed by atoms with Crippen LogP contribution in [0.15, 0.2) is 35.7 Å². The Morgan fingerprint density at radius 1 is 0.906 bits per heavy atom. The van der Waals surface area contributed by atoms with Crippen molar-refractivity contribution in [2.75, 3.05) is 40.9 Å². The lowest BCUT2D eigenvalue weighted by molar-refractivity contribution is 0.0601. The lowest BCUT2D eigenvalue weighted by Gasteiger charge is -2.14. The molecule has 0 aliphatic rings. The number of nitrogens with one attached hydrogen (secondary N) is 1. The van der Waals surface area contributed by atoms with Crippen LogP contribution in [0.5, 0.6) is 23.0 Å². The fraction of sp³-hybridized carbons (Fsp3) is 0.227. The first kappa shape index (κ1) is 22.9. The number of thiazole rings is 1. The minimum atomic E-state index is -0.638. The van der Waals surface area contributed by atoms with Gasteiger partial charge in [0.15, 0.2) is 23.0 Å². The minimum absolute atomic E-state index is 0.114. The van der Waals surface area contributed by atoms with Crippen LogP contribution in [0.2, 0.25) is 0 Å². The maximum Gasteiger partial charge on any atom is 0.340 e. The Morgan fingerprint density at radius 3 is 2.22 bits per heavy atom. The first-order chi connectivity index (χ1) is 15.5. The van der Waals surface area contributed by atoms with Crippen molar-refractivity contribution in [3.8, 4) is 33.6 Å². The van der Waals surface area contributed by atoms with Crippen LogP contribution in [-0.2, 0) is 4.74 Å². The smallest absolute Gasteiger partial charge is 0.340 e. The predicted molar refractivity (Wildman–Crippen MR) is 119 cm³/mol. The molecule has 0 aliphatic heterocycles. The van der Waals surface area contributed by atoms with Crippen molar-refractivity contribution in [3.63, 3.8) is 0 Å². The van der Waals surface area contributed by atoms with E-state index in [1.54, 1.807) is 18.6 Å². The Balaban J connectivity index is 1.95. The molecule has 0 spiro atoms. The molecule has 0 unspecified atom stereocenters. The second kappa shape index (κ2) is 10.0. The molecule has 0 saturated carbocycles. The number of aromatic nitrogens is 1. The molecule has 1 N–H and O–H groups in total. The fourth-order valence-electron chi connectivity index (χ4n) is 3.00. The Kier molecular flexibility index (Phi) is 7.16. The van der Waals surface area contributed by atoms with Crippen LogP contribution in [-0.4, -0.2) is 52.4 Å². The molecule has 0 fully saturated rings. The summed E-state index contributed by atoms with van der Waals surface area (Å²) >= 11 is 1.28. The molecule has 0 aliphatic carbocycles. The van der Waals surface area contributed by atoms with Gasteiger partial charge in [-0.05, 0) is 12.1 Å². The zero-order chi connectivity index (χ0) is 23.3. The fourth-order valence-corrected chi connectivity index (χ4v) is 3.83. The zero-order valence-corrected chi connectivity index (χ0v) is 19.0. The van der Waals surface area contributed by atoms with Gasteiger partial charge in [-0.15, -0.1) is 11.3 Å². The number of hydrogen-bond acceptors (Lipinski definition) is 9. The second-order valence-electron chi connectivity index (χ2n) is 6.28. The molecule has 3 rings (SSSR count). The van der Waals surface area contributed by atoms with Gasteiger partial charge in [0.1, 0.15) is 10.7 Å². The van der Waals surface area contributed by atoms with Gasteiger partial charge in [0.2, 0.25) is 0 Å². The molecule has 1 aromatic heterocycles. The van der Waals surface area contributed by atoms with Crippen LogP contribution in [0.3, 0.4) is 0 Å². The molecule has 2 aromatic carbocycles. The first-order valence-electron chi connectivity index (χ1n) is 9.29. The molecule has 10 heteroatoms. The monoisotopic (exact) mass is 458 g/mol. The van der Waals surface area contributed by atoms with Crippen molar-refractivity contribution in [3.05, 3.63) is 47.0 Å². The van der Waals surface area contributed by atoms with E-state index in [-0.39, 0.29) is 16.9 Å². The van der Waals surface area contributed by atoms with E-state index in [4.69, 9.17) is 23.7 Å². The average Bonchev–Trinajstić information content (AvgIpc) is 3.32. The highest BCUT2D eigenvalue weighted by Gasteiger charge is 2.22. The molecule has 32 heavy (non-hydrogen) atoms. The molecule has 0 radical (unpaired) electrons. The molecule has 168 valence electrons. The predicted octanol–water partition coefficient (Wildman–Crippen LogP) is 3.88. The van der Waals surface area contributed by atoms with Crippen molar-refractivity contribution < 1.29 is 33.3 Å². The number of methoxy groups -OCH3 is 5. The third-order valence-electron chi connectivity index (χ3n) is 4.55. The molecule has 3 aromatic rings. The highest BCUT2D eigenvalue weighted by Crippen LogP contribution is 2.39. The van der Waals surface area contributed by atoms with E-state index in [9.17, 15) is 9.59 Å². The number of benzene rings is 2. The Labute approximate surface area is 188 Å². The number of amides is 1. The molecule has 1 heterocycles. The highest BCUT2D eigenvalue weighted by molar-refractivity contribution is 7.13. The molecular weight excluding hydrogens is 436 g/mol. The molecule has 9 nitrogen and oxygen atoms in total. The molecule has 1 amide bonds. The summed E-state index contributed by atoms with van der Waals surface area (Å²) in [7, 11) is 7.23. The lowest BCUT2D eigenvalue weighted by Crippen LogP contribution is -2.16. The van der Waals surface area contributed by atoms with Gasteiger partial charge in [-0.2, -0.15) is 0 Å². The van der Waals surface area contributed by atoms with Crippen molar-refractivity contribution in [1.82, 2.24) is 4.98 Å². The molecule has 0 bridgehead atoms. The normalized spacial score (nSPS) is 10.3. The maximum atomic E-state index is 12.9. The third kappa shape index (κ3) is 4.45. The summed E-state index contributed by atoms with van der Waals surface area (Å²) in [5.74, 6) is 0.596. The van der Waals surface area contributed by atoms with Crippen LogP contribution < -0.4 is 24.3 Å². The summed E-state index contributed by atoms with van der Waals surface area (Å²) in [5.41, 5.74) is 1.18. The summed E-state index contributed by atoms with van der Waals surface area (Å²) in [4.78, 5) is 29.6. The zero-order valence-electron chi connectivity index (χ0n) is 18.2. The van der Waals surface area contributed by atoms with Crippen LogP contribution in [0, 0.1) is 0 Å². The van der Waals surface area contributed by atoms with Gasteiger partial charge in [-0.3, -0.25) is 4.79 Å². The van der Waals surface area contributed by atoms with Crippen LogP contribution in [0.4, 0.5) is 5.69 Å². The van der Waals surface area contributed by atoms with Gasteiger partial charge in [0.05, 0.1) is 52.4 Å². The Morgan fingerprint density at radius 2 is 1.59 bits per heavy atom. The number of carbonyl (C=O) groups is 2. The third-order valence-corrected chi connectivity index (χ3v) is 5.42. The second-order valence-corrected chi connectivity index (χ2v) is 7.14. The number of esters is 1. The number of para-hydroxylation sites is 1. The van der Waals surface area contributed by atoms with Crippen molar-refractivity contribution in [2.45, 2.75) is 0 Å². The molecule has 0 saturated heterocycles. The SMILES string of the molecule is COC(=O)c1cc(OC)c(OC)cc1NC(=O)c1csc(-c2cccc(OC)c2OC)n1. The first-order valence-corrected chi connectivity index (χ1v) is 10.2. The van der Waals surface area contributed by atoms with Gasteiger partial charge in [0.25, 0.3) is 5.91 Å². The lowest BCUT2D eigenvalue weighted by atomic mass is 10.1. The highest BCUT2D eigenvalue weighted by atomic mass is 32.1. The van der Waals surface area contributed by atoms with Crippen LogP contribution in [0.1, 0.15) is 20.8 Å². The standard InChI is InChI=1S/C22H22N2O7S/c1-27-16-8-6-7-12(19(16)30-4)21-24-15(11-32-21)20(25)23-14-10-18(29-3)17(28-2)9-13(14)22(26)31-5/h6-11H,1-5H3,(H,23,25). The Hall–Kier alpha value is -3.79. The van der Waals surface area contributed by atoms with E-state index in [0.29, 0.717) is 33.6 Å². The largest absolute Gasteiger partial charge is 0.493 e. The van der Waals surface area contributed by atoms with E-state index < -0.39 is 11.9 Å².